The molecule has 0 radical (unpaired) electrons. The molecule has 12 nitrogen and oxygen atoms in total. The maximum atomic E-state index is 10.9. The van der Waals surface area contributed by atoms with Gasteiger partial charge in [-0.15, -0.1) is 35.8 Å². The first-order valence-corrected chi connectivity index (χ1v) is 22.7. The number of aryl methyl sites for hydroxylation is 2. The summed E-state index contributed by atoms with van der Waals surface area (Å²) in [5.74, 6) is -0.620. The van der Waals surface area contributed by atoms with Gasteiger partial charge in [-0.2, -0.15) is 0 Å². The molecule has 15 heteroatoms. The number of benzene rings is 2. The van der Waals surface area contributed by atoms with Crippen LogP contribution < -0.4 is 29.5 Å². The molecule has 0 amide bonds. The summed E-state index contributed by atoms with van der Waals surface area (Å²) in [6.45, 7) is 18.9. The molecule has 0 unspecified atom stereocenters. The van der Waals surface area contributed by atoms with Crippen LogP contribution in [0, 0.1) is 13.8 Å². The van der Waals surface area contributed by atoms with Crippen LogP contribution in [-0.2, 0) is 35.5 Å². The summed E-state index contributed by atoms with van der Waals surface area (Å²) in [7, 11) is 0. The molecule has 324 valence electrons. The Kier molecular flexibility index (Phi) is 22.1. The summed E-state index contributed by atoms with van der Waals surface area (Å²) in [6.07, 6.45) is 12.6. The zero-order valence-corrected chi connectivity index (χ0v) is 39.8. The van der Waals surface area contributed by atoms with Gasteiger partial charge in [-0.25, -0.2) is 9.97 Å². The number of hydrogen-bond acceptors (Lipinski definition) is 14. The van der Waals surface area contributed by atoms with Crippen molar-refractivity contribution in [3.8, 4) is 11.5 Å². The topological polar surface area (TPSA) is 137 Å². The van der Waals surface area contributed by atoms with E-state index in [1.165, 1.54) is 48.3 Å². The molecule has 0 atom stereocenters. The van der Waals surface area contributed by atoms with Gasteiger partial charge in [0.15, 0.2) is 10.3 Å². The van der Waals surface area contributed by atoms with Crippen molar-refractivity contribution in [1.82, 2.24) is 19.8 Å². The maximum Gasteiger partial charge on any atom is 2.00 e. The number of carbonyl (C=O) groups excluding carboxylic acids is 2. The van der Waals surface area contributed by atoms with E-state index in [2.05, 4.69) is 36.8 Å². The SMILES string of the molecule is C=CCN(CC(=O)[O-])Cc1cccc(OCCc2nc(N3CCCCC3)sc2C)c1.C=CCN(CC(=O)[O-])Cc1cccc(OCCc2nc(N3CCCCC3)sc2C)c1.[Ca+2]. The van der Waals surface area contributed by atoms with Gasteiger partial charge in [-0.05, 0) is 87.8 Å². The Morgan fingerprint density at radius 1 is 0.689 bits per heavy atom. The van der Waals surface area contributed by atoms with E-state index >= 15 is 0 Å². The number of piperidine rings is 2. The summed E-state index contributed by atoms with van der Waals surface area (Å²) in [5, 5.41) is 24.1. The van der Waals surface area contributed by atoms with Crippen molar-refractivity contribution in [3.05, 3.63) is 106 Å². The van der Waals surface area contributed by atoms with E-state index in [0.717, 1.165) is 83.3 Å². The van der Waals surface area contributed by atoms with E-state index < -0.39 is 11.9 Å². The second-order valence-electron chi connectivity index (χ2n) is 15.2. The number of anilines is 2. The molecular formula is C46H60CaN6O6S2. The Balaban J connectivity index is 0.000000264. The fraction of sp³-hybridized carbons (Fsp3) is 0.478. The average Bonchev–Trinajstić information content (AvgIpc) is 3.80. The van der Waals surface area contributed by atoms with E-state index in [4.69, 9.17) is 19.4 Å². The van der Waals surface area contributed by atoms with Gasteiger partial charge in [-0.3, -0.25) is 9.80 Å². The van der Waals surface area contributed by atoms with Crippen LogP contribution in [0.3, 0.4) is 0 Å². The number of aromatic nitrogens is 2. The van der Waals surface area contributed by atoms with Crippen LogP contribution in [0.25, 0.3) is 0 Å². The minimum absolute atomic E-state index is 0. The molecule has 0 spiro atoms. The molecule has 2 aliphatic rings. The van der Waals surface area contributed by atoms with Gasteiger partial charge in [-0.1, -0.05) is 36.4 Å². The van der Waals surface area contributed by atoms with Crippen molar-refractivity contribution in [2.45, 2.75) is 78.3 Å². The summed E-state index contributed by atoms with van der Waals surface area (Å²) in [5.41, 5.74) is 4.21. The third kappa shape index (κ3) is 17.3. The van der Waals surface area contributed by atoms with Crippen molar-refractivity contribution < 1.29 is 29.3 Å². The summed E-state index contributed by atoms with van der Waals surface area (Å²) < 4.78 is 11.9. The largest absolute Gasteiger partial charge is 2.00 e. The van der Waals surface area contributed by atoms with Gasteiger partial charge < -0.3 is 39.1 Å². The number of carboxylic acids is 2. The molecule has 4 heterocycles. The van der Waals surface area contributed by atoms with E-state index in [-0.39, 0.29) is 50.8 Å². The van der Waals surface area contributed by atoms with Gasteiger partial charge >= 0.3 is 37.7 Å². The Hall–Kier alpha value is -3.50. The monoisotopic (exact) mass is 896 g/mol. The van der Waals surface area contributed by atoms with Gasteiger partial charge in [0.2, 0.25) is 0 Å². The molecule has 0 saturated carbocycles. The number of carboxylic acid groups (broad SMARTS) is 2. The van der Waals surface area contributed by atoms with E-state index in [1.807, 2.05) is 48.5 Å². The minimum atomic E-state index is -1.09. The first-order chi connectivity index (χ1) is 29.1. The smallest absolute Gasteiger partial charge is 0.549 e. The number of ether oxygens (including phenoxy) is 2. The van der Waals surface area contributed by atoms with Crippen LogP contribution in [0.2, 0.25) is 0 Å². The quantitative estimate of drug-likeness (QED) is 0.0756. The number of rotatable bonds is 22. The fourth-order valence-corrected chi connectivity index (χ4v) is 9.36. The molecule has 2 aromatic heterocycles. The fourth-order valence-electron chi connectivity index (χ4n) is 7.35. The Bertz CT molecular complexity index is 1840. The predicted molar refractivity (Wildman–Crippen MR) is 244 cm³/mol. The van der Waals surface area contributed by atoms with E-state index in [0.29, 0.717) is 39.4 Å². The second-order valence-corrected chi connectivity index (χ2v) is 17.6. The number of nitrogens with zero attached hydrogens (tertiary/aromatic N) is 6. The minimum Gasteiger partial charge on any atom is -0.549 e. The standard InChI is InChI=1S/2C23H31N3O3S.Ca/c2*1-3-11-25(17-22(27)28)16-19-8-7-9-20(15-19)29-14-10-21-18(2)30-23(24-21)26-12-5-4-6-13-26;/h2*3,7-9,15H,1,4-6,10-14,16-17H2,2H3,(H,27,28);/q;;+2/p-2. The third-order valence-corrected chi connectivity index (χ3v) is 12.5. The average molecular weight is 897 g/mol. The molecule has 2 fully saturated rings. The van der Waals surface area contributed by atoms with Crippen molar-refractivity contribution in [3.63, 3.8) is 0 Å². The number of hydrogen-bond donors (Lipinski definition) is 0. The van der Waals surface area contributed by atoms with Crippen LogP contribution in [-0.4, -0.2) is 135 Å². The number of aliphatic carboxylic acids is 2. The first-order valence-electron chi connectivity index (χ1n) is 21.0. The molecule has 4 aromatic rings. The van der Waals surface area contributed by atoms with Gasteiger partial charge in [0.1, 0.15) is 11.5 Å². The van der Waals surface area contributed by atoms with Crippen molar-refractivity contribution in [2.75, 3.05) is 75.4 Å². The Labute approximate surface area is 399 Å². The predicted octanol–water partition coefficient (Wildman–Crippen LogP) is 5.22. The molecule has 2 aromatic carbocycles. The van der Waals surface area contributed by atoms with Crippen LogP contribution in [0.15, 0.2) is 73.8 Å². The molecule has 0 N–H and O–H groups in total. The molecule has 0 bridgehead atoms. The molecule has 6 rings (SSSR count). The number of thiazole rings is 2. The second kappa shape index (κ2) is 26.9. The van der Waals surface area contributed by atoms with Crippen molar-refractivity contribution in [2.24, 2.45) is 0 Å². The molecule has 2 saturated heterocycles. The van der Waals surface area contributed by atoms with Gasteiger partial charge in [0, 0.05) is 88.0 Å². The molecule has 2 aliphatic heterocycles. The van der Waals surface area contributed by atoms with Crippen LogP contribution in [0.5, 0.6) is 11.5 Å². The van der Waals surface area contributed by atoms with Gasteiger partial charge in [0.05, 0.1) is 36.5 Å². The Morgan fingerprint density at radius 3 is 1.44 bits per heavy atom. The van der Waals surface area contributed by atoms with E-state index in [9.17, 15) is 19.8 Å². The molecular weight excluding hydrogens is 837 g/mol. The third-order valence-electron chi connectivity index (χ3n) is 10.3. The Morgan fingerprint density at radius 2 is 1.08 bits per heavy atom. The summed E-state index contributed by atoms with van der Waals surface area (Å²) in [6, 6.07) is 15.6. The van der Waals surface area contributed by atoms with Crippen molar-refractivity contribution in [1.29, 1.82) is 0 Å². The van der Waals surface area contributed by atoms with Crippen molar-refractivity contribution >= 4 is 82.6 Å². The van der Waals surface area contributed by atoms with Crippen LogP contribution in [0.1, 0.15) is 70.8 Å². The normalized spacial score (nSPS) is 13.9. The molecule has 0 aliphatic carbocycles. The first kappa shape index (κ1) is 50.1. The summed E-state index contributed by atoms with van der Waals surface area (Å²) >= 11 is 3.56. The summed E-state index contributed by atoms with van der Waals surface area (Å²) in [4.78, 5) is 42.4. The van der Waals surface area contributed by atoms with Crippen LogP contribution >= 0.6 is 22.7 Å². The number of carbonyl (C=O) groups is 2. The van der Waals surface area contributed by atoms with E-state index in [1.54, 1.807) is 44.6 Å². The van der Waals surface area contributed by atoms with Crippen LogP contribution in [0.4, 0.5) is 10.3 Å². The zero-order chi connectivity index (χ0) is 42.7. The zero-order valence-electron chi connectivity index (χ0n) is 36.0. The maximum absolute atomic E-state index is 10.9. The molecule has 61 heavy (non-hydrogen) atoms. The van der Waals surface area contributed by atoms with Gasteiger partial charge in [0.25, 0.3) is 0 Å².